The fraction of sp³-hybridized carbons (Fsp3) is 0.167. The van der Waals surface area contributed by atoms with Crippen LogP contribution in [-0.4, -0.2) is 27.7 Å². The SMILES string of the molecule is CC(O)(CNC(=O)c1cc(-c2cccnc2)on1)c1ccc(F)cc1. The Bertz CT molecular complexity index is 861. The maximum absolute atomic E-state index is 13.0. The van der Waals surface area contributed by atoms with Gasteiger partial charge in [0, 0.05) is 24.0 Å². The summed E-state index contributed by atoms with van der Waals surface area (Å²) in [6.07, 6.45) is 3.23. The molecular weight excluding hydrogens is 325 g/mol. The number of halogens is 1. The molecule has 7 heteroatoms. The van der Waals surface area contributed by atoms with Crippen molar-refractivity contribution in [1.82, 2.24) is 15.5 Å². The van der Waals surface area contributed by atoms with E-state index in [0.29, 0.717) is 16.9 Å². The first-order chi connectivity index (χ1) is 12.0. The van der Waals surface area contributed by atoms with E-state index in [9.17, 15) is 14.3 Å². The van der Waals surface area contributed by atoms with Crippen molar-refractivity contribution >= 4 is 5.91 Å². The average molecular weight is 341 g/mol. The van der Waals surface area contributed by atoms with Crippen LogP contribution in [0, 0.1) is 5.82 Å². The van der Waals surface area contributed by atoms with Gasteiger partial charge in [-0.05, 0) is 36.8 Å². The van der Waals surface area contributed by atoms with Gasteiger partial charge in [0.25, 0.3) is 5.91 Å². The third kappa shape index (κ3) is 3.89. The van der Waals surface area contributed by atoms with Crippen LogP contribution in [0.5, 0.6) is 0 Å². The minimum Gasteiger partial charge on any atom is -0.384 e. The second kappa shape index (κ2) is 6.82. The van der Waals surface area contributed by atoms with Gasteiger partial charge in [-0.3, -0.25) is 9.78 Å². The van der Waals surface area contributed by atoms with Gasteiger partial charge in [0.15, 0.2) is 11.5 Å². The van der Waals surface area contributed by atoms with Gasteiger partial charge in [-0.1, -0.05) is 17.3 Å². The smallest absolute Gasteiger partial charge is 0.273 e. The maximum atomic E-state index is 13.0. The fourth-order valence-electron chi connectivity index (χ4n) is 2.28. The van der Waals surface area contributed by atoms with Crippen molar-refractivity contribution in [2.24, 2.45) is 0 Å². The Labute approximate surface area is 143 Å². The minimum atomic E-state index is -1.35. The molecule has 0 radical (unpaired) electrons. The van der Waals surface area contributed by atoms with Gasteiger partial charge in [-0.15, -0.1) is 0 Å². The first-order valence-corrected chi connectivity index (χ1v) is 7.59. The first-order valence-electron chi connectivity index (χ1n) is 7.59. The molecule has 2 N–H and O–H groups in total. The number of hydrogen-bond acceptors (Lipinski definition) is 5. The highest BCUT2D eigenvalue weighted by molar-refractivity contribution is 5.93. The molecule has 1 amide bonds. The van der Waals surface area contributed by atoms with E-state index in [-0.39, 0.29) is 12.2 Å². The summed E-state index contributed by atoms with van der Waals surface area (Å²) >= 11 is 0. The standard InChI is InChI=1S/C18H16FN3O3/c1-18(24,13-4-6-14(19)7-5-13)11-21-17(23)15-9-16(25-22-15)12-3-2-8-20-10-12/h2-10,24H,11H2,1H3,(H,21,23). The van der Waals surface area contributed by atoms with Gasteiger partial charge in [-0.2, -0.15) is 0 Å². The summed E-state index contributed by atoms with van der Waals surface area (Å²) in [6.45, 7) is 1.47. The average Bonchev–Trinajstić information content (AvgIpc) is 3.11. The van der Waals surface area contributed by atoms with Gasteiger partial charge < -0.3 is 14.9 Å². The molecule has 0 bridgehead atoms. The summed E-state index contributed by atoms with van der Waals surface area (Å²) < 4.78 is 18.1. The molecule has 0 fully saturated rings. The van der Waals surface area contributed by atoms with Crippen molar-refractivity contribution < 1.29 is 18.8 Å². The third-order valence-corrected chi connectivity index (χ3v) is 3.75. The number of amides is 1. The van der Waals surface area contributed by atoms with Crippen LogP contribution in [-0.2, 0) is 5.60 Å². The quantitative estimate of drug-likeness (QED) is 0.744. The molecule has 1 aromatic carbocycles. The monoisotopic (exact) mass is 341 g/mol. The summed E-state index contributed by atoms with van der Waals surface area (Å²) in [4.78, 5) is 16.2. The molecule has 1 unspecified atom stereocenters. The van der Waals surface area contributed by atoms with E-state index in [1.54, 1.807) is 24.5 Å². The highest BCUT2D eigenvalue weighted by Gasteiger charge is 2.25. The van der Waals surface area contributed by atoms with Crippen molar-refractivity contribution in [2.45, 2.75) is 12.5 Å². The van der Waals surface area contributed by atoms with Crippen LogP contribution < -0.4 is 5.32 Å². The summed E-state index contributed by atoms with van der Waals surface area (Å²) in [7, 11) is 0. The zero-order valence-corrected chi connectivity index (χ0v) is 13.4. The summed E-state index contributed by atoms with van der Waals surface area (Å²) in [5, 5.41) is 16.8. The van der Waals surface area contributed by atoms with Gasteiger partial charge >= 0.3 is 0 Å². The van der Waals surface area contributed by atoms with Crippen LogP contribution >= 0.6 is 0 Å². The number of rotatable bonds is 5. The highest BCUT2D eigenvalue weighted by atomic mass is 19.1. The predicted octanol–water partition coefficient (Wildman–Crippen LogP) is 2.51. The zero-order valence-electron chi connectivity index (χ0n) is 13.4. The second-order valence-electron chi connectivity index (χ2n) is 5.78. The Kier molecular flexibility index (Phi) is 4.58. The lowest BCUT2D eigenvalue weighted by atomic mass is 9.96. The number of carbonyl (C=O) groups is 1. The molecule has 128 valence electrons. The molecule has 3 rings (SSSR count). The van der Waals surface area contributed by atoms with Crippen molar-refractivity contribution in [2.75, 3.05) is 6.54 Å². The lowest BCUT2D eigenvalue weighted by Crippen LogP contribution is -2.38. The Morgan fingerprint density at radius 1 is 1.32 bits per heavy atom. The van der Waals surface area contributed by atoms with Crippen LogP contribution in [0.15, 0.2) is 59.4 Å². The molecule has 0 aliphatic carbocycles. The molecule has 0 aliphatic heterocycles. The Morgan fingerprint density at radius 2 is 2.08 bits per heavy atom. The van der Waals surface area contributed by atoms with Crippen LogP contribution in [0.2, 0.25) is 0 Å². The minimum absolute atomic E-state index is 0.0629. The van der Waals surface area contributed by atoms with Crippen LogP contribution in [0.4, 0.5) is 4.39 Å². The van der Waals surface area contributed by atoms with Gasteiger partial charge in [0.2, 0.25) is 0 Å². The molecule has 0 spiro atoms. The van der Waals surface area contributed by atoms with Crippen molar-refractivity contribution in [1.29, 1.82) is 0 Å². The highest BCUT2D eigenvalue weighted by Crippen LogP contribution is 2.21. The molecule has 2 heterocycles. The van der Waals surface area contributed by atoms with E-state index in [2.05, 4.69) is 15.5 Å². The number of nitrogens with zero attached hydrogens (tertiary/aromatic N) is 2. The van der Waals surface area contributed by atoms with Crippen molar-refractivity contribution in [3.8, 4) is 11.3 Å². The number of carbonyl (C=O) groups excluding carboxylic acids is 1. The number of nitrogens with one attached hydrogen (secondary N) is 1. The van der Waals surface area contributed by atoms with E-state index in [0.717, 1.165) is 0 Å². The van der Waals surface area contributed by atoms with Gasteiger partial charge in [0.1, 0.15) is 11.4 Å². The molecule has 2 aromatic heterocycles. The number of pyridine rings is 1. The van der Waals surface area contributed by atoms with Gasteiger partial charge in [0.05, 0.1) is 6.54 Å². The van der Waals surface area contributed by atoms with E-state index < -0.39 is 17.3 Å². The fourth-order valence-corrected chi connectivity index (χ4v) is 2.28. The van der Waals surface area contributed by atoms with Crippen LogP contribution in [0.1, 0.15) is 23.0 Å². The molecule has 0 saturated heterocycles. The van der Waals surface area contributed by atoms with Gasteiger partial charge in [-0.25, -0.2) is 4.39 Å². The molecule has 1 atom stereocenters. The molecule has 6 nitrogen and oxygen atoms in total. The van der Waals surface area contributed by atoms with E-state index in [1.165, 1.54) is 37.3 Å². The Hall–Kier alpha value is -3.06. The van der Waals surface area contributed by atoms with E-state index in [1.807, 2.05) is 0 Å². The van der Waals surface area contributed by atoms with E-state index >= 15 is 0 Å². The molecule has 3 aromatic rings. The number of aromatic nitrogens is 2. The predicted molar refractivity (Wildman–Crippen MR) is 88.0 cm³/mol. The topological polar surface area (TPSA) is 88.2 Å². The number of aliphatic hydroxyl groups is 1. The van der Waals surface area contributed by atoms with Crippen LogP contribution in [0.25, 0.3) is 11.3 Å². The van der Waals surface area contributed by atoms with E-state index in [4.69, 9.17) is 4.52 Å². The molecule has 25 heavy (non-hydrogen) atoms. The molecule has 0 aliphatic rings. The summed E-state index contributed by atoms with van der Waals surface area (Å²) in [5.41, 5.74) is -0.0641. The molecule has 0 saturated carbocycles. The maximum Gasteiger partial charge on any atom is 0.273 e. The molecular formula is C18H16FN3O3. The largest absolute Gasteiger partial charge is 0.384 e. The lowest BCUT2D eigenvalue weighted by molar-refractivity contribution is 0.0523. The number of benzene rings is 1. The summed E-state index contributed by atoms with van der Waals surface area (Å²) in [5.74, 6) is -0.459. The normalized spacial score (nSPS) is 13.2. The summed E-state index contributed by atoms with van der Waals surface area (Å²) in [6, 6.07) is 10.5. The zero-order chi connectivity index (χ0) is 17.9. The van der Waals surface area contributed by atoms with Crippen LogP contribution in [0.3, 0.4) is 0 Å². The van der Waals surface area contributed by atoms with Crippen molar-refractivity contribution in [3.05, 3.63) is 71.9 Å². The lowest BCUT2D eigenvalue weighted by Gasteiger charge is -2.24. The Balaban J connectivity index is 1.66. The number of hydrogen-bond donors (Lipinski definition) is 2. The third-order valence-electron chi connectivity index (χ3n) is 3.75. The second-order valence-corrected chi connectivity index (χ2v) is 5.78. The Morgan fingerprint density at radius 3 is 2.76 bits per heavy atom. The first kappa shape index (κ1) is 16.8. The van der Waals surface area contributed by atoms with Crippen molar-refractivity contribution in [3.63, 3.8) is 0 Å².